The monoisotopic (exact) mass is 244 g/mol. The standard InChI is InChI=1S/C13H16N4O/c14-9-10-4-3-6-13(16-10)17-7-2-1-5-11(17)8-12(15)18/h3-4,6,11H,1-2,5,7-8H2,(H2,15,18)/t11-/m1/s1. The van der Waals surface area contributed by atoms with Crippen molar-refractivity contribution >= 4 is 11.7 Å². The van der Waals surface area contributed by atoms with Gasteiger partial charge in [-0.25, -0.2) is 4.98 Å². The summed E-state index contributed by atoms with van der Waals surface area (Å²) in [7, 11) is 0. The molecular weight excluding hydrogens is 228 g/mol. The third-order valence-electron chi connectivity index (χ3n) is 3.21. The molecule has 0 radical (unpaired) electrons. The maximum Gasteiger partial charge on any atom is 0.219 e. The molecule has 1 aliphatic heterocycles. The maximum absolute atomic E-state index is 11.1. The number of nitrogens with two attached hydrogens (primary N) is 1. The van der Waals surface area contributed by atoms with E-state index >= 15 is 0 Å². The topological polar surface area (TPSA) is 83.0 Å². The predicted molar refractivity (Wildman–Crippen MR) is 67.7 cm³/mol. The third kappa shape index (κ3) is 2.77. The molecule has 94 valence electrons. The molecule has 0 unspecified atom stereocenters. The number of amides is 1. The maximum atomic E-state index is 11.1. The number of pyridine rings is 1. The molecule has 1 saturated heterocycles. The molecule has 1 fully saturated rings. The van der Waals surface area contributed by atoms with Crippen molar-refractivity contribution in [1.82, 2.24) is 4.98 Å². The molecule has 1 aromatic heterocycles. The summed E-state index contributed by atoms with van der Waals surface area (Å²) >= 11 is 0. The molecule has 1 aromatic rings. The lowest BCUT2D eigenvalue weighted by Gasteiger charge is -2.36. The van der Waals surface area contributed by atoms with Crippen LogP contribution < -0.4 is 10.6 Å². The molecule has 1 amide bonds. The Morgan fingerprint density at radius 2 is 2.39 bits per heavy atom. The number of carbonyl (C=O) groups is 1. The highest BCUT2D eigenvalue weighted by molar-refractivity contribution is 5.75. The van der Waals surface area contributed by atoms with Crippen LogP contribution in [0.4, 0.5) is 5.82 Å². The summed E-state index contributed by atoms with van der Waals surface area (Å²) in [6.45, 7) is 0.861. The number of rotatable bonds is 3. The molecule has 5 heteroatoms. The number of aromatic nitrogens is 1. The van der Waals surface area contributed by atoms with Crippen LogP contribution in [0.25, 0.3) is 0 Å². The summed E-state index contributed by atoms with van der Waals surface area (Å²) in [6.07, 6.45) is 3.47. The van der Waals surface area contributed by atoms with Crippen LogP contribution in [-0.2, 0) is 4.79 Å². The summed E-state index contributed by atoms with van der Waals surface area (Å²) in [5.41, 5.74) is 5.68. The highest BCUT2D eigenvalue weighted by Crippen LogP contribution is 2.25. The van der Waals surface area contributed by atoms with E-state index in [1.54, 1.807) is 6.07 Å². The van der Waals surface area contributed by atoms with Gasteiger partial charge in [0.25, 0.3) is 0 Å². The second-order valence-corrected chi connectivity index (χ2v) is 4.51. The first-order chi connectivity index (χ1) is 8.70. The molecule has 0 aliphatic carbocycles. The molecule has 1 aliphatic rings. The summed E-state index contributed by atoms with van der Waals surface area (Å²) < 4.78 is 0. The molecule has 2 heterocycles. The van der Waals surface area contributed by atoms with Gasteiger partial charge in [0.05, 0.1) is 0 Å². The minimum absolute atomic E-state index is 0.109. The van der Waals surface area contributed by atoms with Crippen LogP contribution in [0, 0.1) is 11.3 Å². The number of piperidine rings is 1. The van der Waals surface area contributed by atoms with Crippen LogP contribution >= 0.6 is 0 Å². The van der Waals surface area contributed by atoms with Crippen molar-refractivity contribution in [2.24, 2.45) is 5.73 Å². The van der Waals surface area contributed by atoms with E-state index in [2.05, 4.69) is 9.88 Å². The number of nitriles is 1. The van der Waals surface area contributed by atoms with Gasteiger partial charge < -0.3 is 10.6 Å². The van der Waals surface area contributed by atoms with Crippen molar-refractivity contribution < 1.29 is 4.79 Å². The first-order valence-electron chi connectivity index (χ1n) is 6.13. The first-order valence-corrected chi connectivity index (χ1v) is 6.13. The molecule has 2 N–H and O–H groups in total. The van der Waals surface area contributed by atoms with Crippen LogP contribution in [-0.4, -0.2) is 23.5 Å². The minimum Gasteiger partial charge on any atom is -0.370 e. The summed E-state index contributed by atoms with van der Waals surface area (Å²) in [5.74, 6) is 0.475. The summed E-state index contributed by atoms with van der Waals surface area (Å²) in [6, 6.07) is 7.51. The molecule has 0 aromatic carbocycles. The van der Waals surface area contributed by atoms with Gasteiger partial charge in [-0.05, 0) is 31.4 Å². The Hall–Kier alpha value is -2.09. The van der Waals surface area contributed by atoms with Crippen molar-refractivity contribution in [1.29, 1.82) is 5.26 Å². The molecule has 18 heavy (non-hydrogen) atoms. The van der Waals surface area contributed by atoms with Crippen molar-refractivity contribution in [3.8, 4) is 6.07 Å². The van der Waals surface area contributed by atoms with Crippen LogP contribution in [0.5, 0.6) is 0 Å². The van der Waals surface area contributed by atoms with Crippen LogP contribution in [0.2, 0.25) is 0 Å². The molecular formula is C13H16N4O. The van der Waals surface area contributed by atoms with Gasteiger partial charge in [0.1, 0.15) is 17.6 Å². The Balaban J connectivity index is 2.22. The van der Waals surface area contributed by atoms with E-state index < -0.39 is 0 Å². The highest BCUT2D eigenvalue weighted by atomic mass is 16.1. The average molecular weight is 244 g/mol. The zero-order chi connectivity index (χ0) is 13.0. The Labute approximate surface area is 106 Å². The quantitative estimate of drug-likeness (QED) is 0.865. The molecule has 1 atom stereocenters. The fourth-order valence-electron chi connectivity index (χ4n) is 2.39. The van der Waals surface area contributed by atoms with Crippen LogP contribution in [0.3, 0.4) is 0 Å². The van der Waals surface area contributed by atoms with E-state index in [-0.39, 0.29) is 11.9 Å². The molecule has 2 rings (SSSR count). The van der Waals surface area contributed by atoms with E-state index in [1.807, 2.05) is 18.2 Å². The lowest BCUT2D eigenvalue weighted by atomic mass is 9.99. The first kappa shape index (κ1) is 12.4. The van der Waals surface area contributed by atoms with Crippen LogP contribution in [0.15, 0.2) is 18.2 Å². The highest BCUT2D eigenvalue weighted by Gasteiger charge is 2.25. The van der Waals surface area contributed by atoms with Crippen LogP contribution in [0.1, 0.15) is 31.4 Å². The van der Waals surface area contributed by atoms with E-state index in [0.717, 1.165) is 31.6 Å². The number of anilines is 1. The van der Waals surface area contributed by atoms with Crippen molar-refractivity contribution in [3.63, 3.8) is 0 Å². The molecule has 0 spiro atoms. The van der Waals surface area contributed by atoms with E-state index in [4.69, 9.17) is 11.0 Å². The van der Waals surface area contributed by atoms with E-state index in [9.17, 15) is 4.79 Å². The normalized spacial score (nSPS) is 19.3. The molecule has 0 saturated carbocycles. The number of carbonyl (C=O) groups excluding carboxylic acids is 1. The lowest BCUT2D eigenvalue weighted by Crippen LogP contribution is -2.42. The van der Waals surface area contributed by atoms with Gasteiger partial charge in [-0.15, -0.1) is 0 Å². The predicted octanol–water partition coefficient (Wildman–Crippen LogP) is 1.19. The van der Waals surface area contributed by atoms with Gasteiger partial charge in [-0.1, -0.05) is 6.07 Å². The van der Waals surface area contributed by atoms with Gasteiger partial charge in [-0.3, -0.25) is 4.79 Å². The Morgan fingerprint density at radius 1 is 1.56 bits per heavy atom. The second-order valence-electron chi connectivity index (χ2n) is 4.51. The zero-order valence-electron chi connectivity index (χ0n) is 10.2. The van der Waals surface area contributed by atoms with Crippen molar-refractivity contribution in [2.45, 2.75) is 31.7 Å². The number of nitrogens with zero attached hydrogens (tertiary/aromatic N) is 3. The average Bonchev–Trinajstić information content (AvgIpc) is 2.39. The van der Waals surface area contributed by atoms with Crippen molar-refractivity contribution in [3.05, 3.63) is 23.9 Å². The Bertz CT molecular complexity index is 480. The van der Waals surface area contributed by atoms with Gasteiger partial charge in [0.15, 0.2) is 0 Å². The fraction of sp³-hybridized carbons (Fsp3) is 0.462. The minimum atomic E-state index is -0.289. The third-order valence-corrected chi connectivity index (χ3v) is 3.21. The Morgan fingerprint density at radius 3 is 3.11 bits per heavy atom. The largest absolute Gasteiger partial charge is 0.370 e. The van der Waals surface area contributed by atoms with Gasteiger partial charge in [0, 0.05) is 19.0 Å². The van der Waals surface area contributed by atoms with Gasteiger partial charge >= 0.3 is 0 Å². The van der Waals surface area contributed by atoms with Gasteiger partial charge in [0.2, 0.25) is 5.91 Å². The lowest BCUT2D eigenvalue weighted by molar-refractivity contribution is -0.118. The number of hydrogen-bond acceptors (Lipinski definition) is 4. The SMILES string of the molecule is N#Cc1cccc(N2CCCC[C@@H]2CC(N)=O)n1. The summed E-state index contributed by atoms with van der Waals surface area (Å²) in [5, 5.41) is 8.87. The fourth-order valence-corrected chi connectivity index (χ4v) is 2.39. The zero-order valence-corrected chi connectivity index (χ0v) is 10.2. The second kappa shape index (κ2) is 5.50. The Kier molecular flexibility index (Phi) is 3.78. The van der Waals surface area contributed by atoms with Gasteiger partial charge in [-0.2, -0.15) is 5.26 Å². The molecule has 0 bridgehead atoms. The number of hydrogen-bond donors (Lipinski definition) is 1. The van der Waals surface area contributed by atoms with Crippen molar-refractivity contribution in [2.75, 3.05) is 11.4 Å². The summed E-state index contributed by atoms with van der Waals surface area (Å²) in [4.78, 5) is 17.5. The van der Waals surface area contributed by atoms with E-state index in [1.165, 1.54) is 0 Å². The number of primary amides is 1. The van der Waals surface area contributed by atoms with E-state index in [0.29, 0.717) is 12.1 Å². The molecule has 5 nitrogen and oxygen atoms in total. The smallest absolute Gasteiger partial charge is 0.219 e.